The van der Waals surface area contributed by atoms with Crippen LogP contribution in [0.1, 0.15) is 111 Å². The van der Waals surface area contributed by atoms with Gasteiger partial charge in [-0.2, -0.15) is 0 Å². The maximum absolute atomic E-state index is 10.4. The summed E-state index contributed by atoms with van der Waals surface area (Å²) in [5.41, 5.74) is 0. The number of hydrogen-bond acceptors (Lipinski definition) is 1. The fourth-order valence-electron chi connectivity index (χ4n) is 3.34. The first-order valence-corrected chi connectivity index (χ1v) is 10.8. The molecular formula is C23H44O2. The number of allylic oxidation sites excluding steroid dienone is 2. The molecule has 0 fully saturated rings. The number of carboxylic acid groups (broad SMARTS) is 1. The van der Waals surface area contributed by atoms with E-state index in [1.165, 1.54) is 57.8 Å². The van der Waals surface area contributed by atoms with Gasteiger partial charge in [-0.15, -0.1) is 0 Å². The molecular weight excluding hydrogens is 308 g/mol. The molecule has 1 N–H and O–H groups in total. The lowest BCUT2D eigenvalue weighted by Gasteiger charge is -2.15. The highest BCUT2D eigenvalue weighted by Gasteiger charge is 2.06. The van der Waals surface area contributed by atoms with Crippen LogP contribution >= 0.6 is 0 Å². The SMILES string of the molecule is CC(C)CCCC(C)CCCC(C)CCCCC=CCCCC(=O)O. The first-order valence-electron chi connectivity index (χ1n) is 10.8. The van der Waals surface area contributed by atoms with Crippen molar-refractivity contribution in [1.82, 2.24) is 0 Å². The summed E-state index contributed by atoms with van der Waals surface area (Å²) < 4.78 is 0. The number of unbranched alkanes of at least 4 members (excludes halogenated alkanes) is 3. The van der Waals surface area contributed by atoms with Crippen molar-refractivity contribution in [3.05, 3.63) is 12.2 Å². The van der Waals surface area contributed by atoms with Gasteiger partial charge >= 0.3 is 5.97 Å². The van der Waals surface area contributed by atoms with E-state index in [1.807, 2.05) is 0 Å². The van der Waals surface area contributed by atoms with Crippen molar-refractivity contribution in [2.24, 2.45) is 17.8 Å². The fourth-order valence-corrected chi connectivity index (χ4v) is 3.34. The molecule has 0 bridgehead atoms. The van der Waals surface area contributed by atoms with Crippen LogP contribution in [0.4, 0.5) is 0 Å². The Morgan fingerprint density at radius 1 is 0.720 bits per heavy atom. The number of aliphatic carboxylic acids is 1. The van der Waals surface area contributed by atoms with Gasteiger partial charge < -0.3 is 5.11 Å². The van der Waals surface area contributed by atoms with E-state index in [9.17, 15) is 4.79 Å². The third-order valence-corrected chi connectivity index (χ3v) is 5.12. The Labute approximate surface area is 157 Å². The Hall–Kier alpha value is -0.790. The molecule has 2 nitrogen and oxygen atoms in total. The zero-order valence-corrected chi connectivity index (χ0v) is 17.4. The molecule has 148 valence electrons. The number of rotatable bonds is 17. The smallest absolute Gasteiger partial charge is 0.303 e. The molecule has 0 aliphatic carbocycles. The van der Waals surface area contributed by atoms with Gasteiger partial charge in [0.25, 0.3) is 0 Å². The Morgan fingerprint density at radius 3 is 1.72 bits per heavy atom. The molecule has 2 atom stereocenters. The molecule has 0 saturated heterocycles. The van der Waals surface area contributed by atoms with Crippen LogP contribution in [0.2, 0.25) is 0 Å². The van der Waals surface area contributed by atoms with E-state index >= 15 is 0 Å². The molecule has 25 heavy (non-hydrogen) atoms. The summed E-state index contributed by atoms with van der Waals surface area (Å²) in [5.74, 6) is 1.93. The highest BCUT2D eigenvalue weighted by Crippen LogP contribution is 2.21. The van der Waals surface area contributed by atoms with Gasteiger partial charge in [0.15, 0.2) is 0 Å². The molecule has 0 aromatic carbocycles. The van der Waals surface area contributed by atoms with Crippen LogP contribution in [0.15, 0.2) is 12.2 Å². The van der Waals surface area contributed by atoms with Crippen LogP contribution in [0.3, 0.4) is 0 Å². The van der Waals surface area contributed by atoms with Crippen LogP contribution in [-0.2, 0) is 4.79 Å². The minimum atomic E-state index is -0.688. The summed E-state index contributed by atoms with van der Waals surface area (Å²) in [6.07, 6.45) is 19.8. The van der Waals surface area contributed by atoms with Gasteiger partial charge in [-0.25, -0.2) is 0 Å². The summed E-state index contributed by atoms with van der Waals surface area (Å²) in [6.45, 7) is 9.47. The van der Waals surface area contributed by atoms with Gasteiger partial charge in [-0.05, 0) is 43.4 Å². The second-order valence-corrected chi connectivity index (χ2v) is 8.51. The van der Waals surface area contributed by atoms with Crippen molar-refractivity contribution in [3.63, 3.8) is 0 Å². The molecule has 0 aromatic heterocycles. The molecule has 0 amide bonds. The quantitative estimate of drug-likeness (QED) is 0.216. The third kappa shape index (κ3) is 19.4. The van der Waals surface area contributed by atoms with Gasteiger partial charge in [0.1, 0.15) is 0 Å². The monoisotopic (exact) mass is 352 g/mol. The molecule has 2 unspecified atom stereocenters. The molecule has 0 rings (SSSR count). The number of carbonyl (C=O) groups is 1. The normalized spacial score (nSPS) is 14.3. The maximum atomic E-state index is 10.4. The zero-order chi connectivity index (χ0) is 18.9. The summed E-state index contributed by atoms with van der Waals surface area (Å²) >= 11 is 0. The topological polar surface area (TPSA) is 37.3 Å². The Bertz CT molecular complexity index is 333. The second kappa shape index (κ2) is 16.7. The van der Waals surface area contributed by atoms with Gasteiger partial charge in [-0.1, -0.05) is 91.2 Å². The largest absolute Gasteiger partial charge is 0.481 e. The van der Waals surface area contributed by atoms with Crippen molar-refractivity contribution >= 4 is 5.97 Å². The minimum absolute atomic E-state index is 0.290. The predicted octanol–water partition coefficient (Wildman–Crippen LogP) is 7.63. The standard InChI is InChI=1S/C23H44O2/c1-20(2)14-12-16-22(4)18-13-17-21(3)15-10-8-6-5-7-9-11-19-23(24)25/h5,7,20-22H,6,8-19H2,1-4H3,(H,24,25). The average molecular weight is 353 g/mol. The molecule has 0 aromatic rings. The zero-order valence-electron chi connectivity index (χ0n) is 17.4. The van der Waals surface area contributed by atoms with Gasteiger partial charge in [0.05, 0.1) is 0 Å². The Balaban J connectivity index is 3.42. The van der Waals surface area contributed by atoms with Gasteiger partial charge in [0, 0.05) is 6.42 Å². The minimum Gasteiger partial charge on any atom is -0.481 e. The van der Waals surface area contributed by atoms with Gasteiger partial charge in [0.2, 0.25) is 0 Å². The van der Waals surface area contributed by atoms with E-state index in [0.29, 0.717) is 0 Å². The Kier molecular flexibility index (Phi) is 16.1. The van der Waals surface area contributed by atoms with E-state index in [4.69, 9.17) is 5.11 Å². The molecule has 0 spiro atoms. The van der Waals surface area contributed by atoms with E-state index in [-0.39, 0.29) is 6.42 Å². The van der Waals surface area contributed by atoms with Crippen LogP contribution < -0.4 is 0 Å². The fraction of sp³-hybridized carbons (Fsp3) is 0.870. The Morgan fingerprint density at radius 2 is 1.20 bits per heavy atom. The summed E-state index contributed by atoms with van der Waals surface area (Å²) in [5, 5.41) is 8.56. The molecule has 0 radical (unpaired) electrons. The lowest BCUT2D eigenvalue weighted by molar-refractivity contribution is -0.137. The van der Waals surface area contributed by atoms with Crippen LogP contribution in [0.25, 0.3) is 0 Å². The van der Waals surface area contributed by atoms with E-state index in [2.05, 4.69) is 39.8 Å². The van der Waals surface area contributed by atoms with Crippen molar-refractivity contribution in [2.45, 2.75) is 111 Å². The highest BCUT2D eigenvalue weighted by atomic mass is 16.4. The van der Waals surface area contributed by atoms with Crippen LogP contribution in [0, 0.1) is 17.8 Å². The maximum Gasteiger partial charge on any atom is 0.303 e. The molecule has 0 heterocycles. The van der Waals surface area contributed by atoms with E-state index in [0.717, 1.165) is 37.0 Å². The predicted molar refractivity (Wildman–Crippen MR) is 110 cm³/mol. The third-order valence-electron chi connectivity index (χ3n) is 5.12. The molecule has 2 heteroatoms. The number of hydrogen-bond donors (Lipinski definition) is 1. The summed E-state index contributed by atoms with van der Waals surface area (Å²) in [4.78, 5) is 10.4. The summed E-state index contributed by atoms with van der Waals surface area (Å²) in [6, 6.07) is 0. The second-order valence-electron chi connectivity index (χ2n) is 8.51. The van der Waals surface area contributed by atoms with Crippen molar-refractivity contribution in [3.8, 4) is 0 Å². The van der Waals surface area contributed by atoms with Crippen LogP contribution in [-0.4, -0.2) is 11.1 Å². The lowest BCUT2D eigenvalue weighted by Crippen LogP contribution is -2.00. The van der Waals surface area contributed by atoms with Crippen LogP contribution in [0.5, 0.6) is 0 Å². The molecule has 0 saturated carbocycles. The average Bonchev–Trinajstić information content (AvgIpc) is 2.52. The van der Waals surface area contributed by atoms with E-state index in [1.54, 1.807) is 0 Å². The highest BCUT2D eigenvalue weighted by molar-refractivity contribution is 5.66. The first-order chi connectivity index (χ1) is 11.9. The molecule has 0 aliphatic heterocycles. The first kappa shape index (κ1) is 24.2. The van der Waals surface area contributed by atoms with Gasteiger partial charge in [-0.3, -0.25) is 4.79 Å². The molecule has 0 aliphatic rings. The lowest BCUT2D eigenvalue weighted by atomic mass is 9.92. The summed E-state index contributed by atoms with van der Waals surface area (Å²) in [7, 11) is 0. The van der Waals surface area contributed by atoms with Crippen molar-refractivity contribution < 1.29 is 9.90 Å². The number of carboxylic acids is 1. The van der Waals surface area contributed by atoms with Crippen molar-refractivity contribution in [1.29, 1.82) is 0 Å². The van der Waals surface area contributed by atoms with Crippen molar-refractivity contribution in [2.75, 3.05) is 0 Å². The van der Waals surface area contributed by atoms with E-state index < -0.39 is 5.97 Å².